The first-order valence-corrected chi connectivity index (χ1v) is 8.14. The molecule has 0 amide bonds. The molecular weight excluding hydrogens is 351 g/mol. The molecule has 2 aromatic carbocycles. The molecule has 0 aliphatic rings. The SMILES string of the molecule is O=C(O)C(OS(=O)(=O)c1ccc(Cl)cc1)c1ccccc1Cl. The van der Waals surface area contributed by atoms with E-state index in [-0.39, 0.29) is 15.5 Å². The van der Waals surface area contributed by atoms with Crippen molar-refractivity contribution in [2.24, 2.45) is 0 Å². The average molecular weight is 361 g/mol. The molecule has 0 spiro atoms. The van der Waals surface area contributed by atoms with Gasteiger partial charge in [-0.1, -0.05) is 41.4 Å². The zero-order valence-electron chi connectivity index (χ0n) is 10.9. The van der Waals surface area contributed by atoms with Gasteiger partial charge in [-0.15, -0.1) is 0 Å². The maximum Gasteiger partial charge on any atom is 0.339 e. The monoisotopic (exact) mass is 360 g/mol. The van der Waals surface area contributed by atoms with Crippen molar-refractivity contribution in [3.05, 3.63) is 64.1 Å². The van der Waals surface area contributed by atoms with Gasteiger partial charge in [0.1, 0.15) is 0 Å². The molecule has 116 valence electrons. The second-order valence-electron chi connectivity index (χ2n) is 4.24. The Bertz CT molecular complexity index is 787. The average Bonchev–Trinajstić information content (AvgIpc) is 2.46. The summed E-state index contributed by atoms with van der Waals surface area (Å²) in [5.74, 6) is -1.47. The van der Waals surface area contributed by atoms with Crippen molar-refractivity contribution in [2.75, 3.05) is 0 Å². The third kappa shape index (κ3) is 3.78. The fraction of sp³-hybridized carbons (Fsp3) is 0.0714. The van der Waals surface area contributed by atoms with E-state index in [2.05, 4.69) is 0 Å². The number of hydrogen-bond donors (Lipinski definition) is 1. The van der Waals surface area contributed by atoms with Crippen LogP contribution in [-0.4, -0.2) is 19.5 Å². The highest BCUT2D eigenvalue weighted by atomic mass is 35.5. The number of carbonyl (C=O) groups is 1. The molecule has 0 aliphatic carbocycles. The van der Waals surface area contributed by atoms with Crippen LogP contribution in [0.15, 0.2) is 53.4 Å². The van der Waals surface area contributed by atoms with Crippen LogP contribution in [0.3, 0.4) is 0 Å². The molecule has 1 unspecified atom stereocenters. The maximum absolute atomic E-state index is 12.2. The molecule has 1 N–H and O–H groups in total. The molecule has 0 heterocycles. The van der Waals surface area contributed by atoms with Crippen LogP contribution in [0.4, 0.5) is 0 Å². The van der Waals surface area contributed by atoms with Crippen LogP contribution in [0.5, 0.6) is 0 Å². The van der Waals surface area contributed by atoms with Gasteiger partial charge < -0.3 is 5.11 Å². The minimum Gasteiger partial charge on any atom is -0.479 e. The summed E-state index contributed by atoms with van der Waals surface area (Å²) in [6.07, 6.45) is -1.74. The van der Waals surface area contributed by atoms with E-state index in [1.54, 1.807) is 6.07 Å². The van der Waals surface area contributed by atoms with E-state index < -0.39 is 22.2 Å². The molecule has 22 heavy (non-hydrogen) atoms. The van der Waals surface area contributed by atoms with Crippen molar-refractivity contribution < 1.29 is 22.5 Å². The molecule has 5 nitrogen and oxygen atoms in total. The van der Waals surface area contributed by atoms with Crippen molar-refractivity contribution in [2.45, 2.75) is 11.0 Å². The molecule has 0 aromatic heterocycles. The van der Waals surface area contributed by atoms with Crippen LogP contribution < -0.4 is 0 Å². The summed E-state index contributed by atoms with van der Waals surface area (Å²) < 4.78 is 29.2. The van der Waals surface area contributed by atoms with Gasteiger partial charge in [0.25, 0.3) is 10.1 Å². The Labute approximate surface area is 137 Å². The number of halogens is 2. The van der Waals surface area contributed by atoms with Gasteiger partial charge in [-0.05, 0) is 30.3 Å². The van der Waals surface area contributed by atoms with Gasteiger partial charge in [0.2, 0.25) is 6.10 Å². The molecule has 0 fully saturated rings. The van der Waals surface area contributed by atoms with Gasteiger partial charge in [0, 0.05) is 15.6 Å². The second-order valence-corrected chi connectivity index (χ2v) is 6.66. The number of benzene rings is 2. The van der Waals surface area contributed by atoms with E-state index in [1.807, 2.05) is 0 Å². The minimum absolute atomic E-state index is 0.0502. The summed E-state index contributed by atoms with van der Waals surface area (Å²) in [5, 5.41) is 9.68. The molecule has 0 bridgehead atoms. The van der Waals surface area contributed by atoms with E-state index in [9.17, 15) is 18.3 Å². The van der Waals surface area contributed by atoms with Crippen LogP contribution in [0.25, 0.3) is 0 Å². The summed E-state index contributed by atoms with van der Waals surface area (Å²) in [7, 11) is -4.28. The highest BCUT2D eigenvalue weighted by Gasteiger charge is 2.30. The van der Waals surface area contributed by atoms with E-state index in [1.165, 1.54) is 42.5 Å². The maximum atomic E-state index is 12.2. The smallest absolute Gasteiger partial charge is 0.339 e. The van der Waals surface area contributed by atoms with Gasteiger partial charge >= 0.3 is 5.97 Å². The second kappa shape index (κ2) is 6.66. The largest absolute Gasteiger partial charge is 0.479 e. The predicted molar refractivity (Wildman–Crippen MR) is 81.6 cm³/mol. The number of rotatable bonds is 5. The number of carboxylic acid groups (broad SMARTS) is 1. The van der Waals surface area contributed by atoms with E-state index in [0.717, 1.165) is 0 Å². The Morgan fingerprint density at radius 2 is 1.64 bits per heavy atom. The van der Waals surface area contributed by atoms with E-state index >= 15 is 0 Å². The highest BCUT2D eigenvalue weighted by molar-refractivity contribution is 7.86. The zero-order valence-corrected chi connectivity index (χ0v) is 13.3. The Morgan fingerprint density at radius 3 is 2.18 bits per heavy atom. The molecule has 8 heteroatoms. The van der Waals surface area contributed by atoms with Crippen molar-refractivity contribution in [3.8, 4) is 0 Å². The Hall–Kier alpha value is -1.60. The molecule has 2 rings (SSSR count). The summed E-state index contributed by atoms with van der Waals surface area (Å²) >= 11 is 11.6. The van der Waals surface area contributed by atoms with Gasteiger partial charge in [0.15, 0.2) is 0 Å². The van der Waals surface area contributed by atoms with Gasteiger partial charge in [-0.25, -0.2) is 8.98 Å². The molecule has 1 atom stereocenters. The first-order chi connectivity index (χ1) is 10.3. The standard InChI is InChI=1S/C14H10Cl2O5S/c15-9-5-7-10(8-6-9)22(19,20)21-13(14(17)18)11-3-1-2-4-12(11)16/h1-8,13H,(H,17,18). The van der Waals surface area contributed by atoms with Crippen molar-refractivity contribution in [1.29, 1.82) is 0 Å². The Kier molecular flexibility index (Phi) is 5.08. The summed E-state index contributed by atoms with van der Waals surface area (Å²) in [6, 6.07) is 11.1. The van der Waals surface area contributed by atoms with Crippen LogP contribution in [0.2, 0.25) is 10.0 Å². The Balaban J connectivity index is 2.38. The topological polar surface area (TPSA) is 80.7 Å². The Morgan fingerprint density at radius 1 is 1.05 bits per heavy atom. The van der Waals surface area contributed by atoms with Crippen LogP contribution in [0.1, 0.15) is 11.7 Å². The third-order valence-corrected chi connectivity index (χ3v) is 4.63. The van der Waals surface area contributed by atoms with Gasteiger partial charge in [0.05, 0.1) is 4.90 Å². The zero-order chi connectivity index (χ0) is 16.3. The normalized spacial score (nSPS) is 12.8. The van der Waals surface area contributed by atoms with E-state index in [4.69, 9.17) is 27.4 Å². The van der Waals surface area contributed by atoms with Crippen LogP contribution >= 0.6 is 23.2 Å². The summed E-state index contributed by atoms with van der Waals surface area (Å²) in [4.78, 5) is 11.1. The van der Waals surface area contributed by atoms with E-state index in [0.29, 0.717) is 5.02 Å². The lowest BCUT2D eigenvalue weighted by Gasteiger charge is -2.15. The number of carboxylic acids is 1. The van der Waals surface area contributed by atoms with Crippen molar-refractivity contribution in [3.63, 3.8) is 0 Å². The van der Waals surface area contributed by atoms with Crippen molar-refractivity contribution in [1.82, 2.24) is 0 Å². The lowest BCUT2D eigenvalue weighted by atomic mass is 10.1. The lowest BCUT2D eigenvalue weighted by molar-refractivity contribution is -0.145. The molecule has 0 aliphatic heterocycles. The highest BCUT2D eigenvalue weighted by Crippen LogP contribution is 2.29. The number of aliphatic carboxylic acids is 1. The minimum atomic E-state index is -4.28. The van der Waals surface area contributed by atoms with Crippen molar-refractivity contribution >= 4 is 39.3 Å². The third-order valence-electron chi connectivity index (χ3n) is 2.74. The fourth-order valence-electron chi connectivity index (χ4n) is 1.70. The molecule has 0 saturated carbocycles. The fourth-order valence-corrected chi connectivity index (χ4v) is 3.08. The molecule has 0 radical (unpaired) electrons. The summed E-state index contributed by atoms with van der Waals surface area (Å²) in [6.45, 7) is 0. The summed E-state index contributed by atoms with van der Waals surface area (Å²) in [5.41, 5.74) is 0.0502. The van der Waals surface area contributed by atoms with Crippen LogP contribution in [0, 0.1) is 0 Å². The first-order valence-electron chi connectivity index (χ1n) is 5.97. The molecule has 2 aromatic rings. The molecule has 0 saturated heterocycles. The van der Waals surface area contributed by atoms with Gasteiger partial charge in [-0.3, -0.25) is 0 Å². The quantitative estimate of drug-likeness (QED) is 0.824. The molecular formula is C14H10Cl2O5S. The van der Waals surface area contributed by atoms with Crippen LogP contribution in [-0.2, 0) is 19.1 Å². The lowest BCUT2D eigenvalue weighted by Crippen LogP contribution is -2.20. The van der Waals surface area contributed by atoms with Gasteiger partial charge in [-0.2, -0.15) is 8.42 Å². The first kappa shape index (κ1) is 16.8. The number of hydrogen-bond acceptors (Lipinski definition) is 4. The predicted octanol–water partition coefficient (Wildman–Crippen LogP) is 3.52.